The van der Waals surface area contributed by atoms with Gasteiger partial charge in [-0.1, -0.05) is 80.0 Å². The van der Waals surface area contributed by atoms with Gasteiger partial charge in [-0.15, -0.1) is 0 Å². The van der Waals surface area contributed by atoms with E-state index in [9.17, 15) is 19.8 Å². The fraction of sp³-hybridized carbons (Fsp3) is 0.375. The summed E-state index contributed by atoms with van der Waals surface area (Å²) in [7, 11) is 0. The number of amides is 1. The minimum Gasteiger partial charge on any atom is -0.508 e. The quantitative estimate of drug-likeness (QED) is 0.316. The minimum atomic E-state index is -1.03. The molecule has 1 amide bonds. The summed E-state index contributed by atoms with van der Waals surface area (Å²) in [6, 6.07) is 23.0. The van der Waals surface area contributed by atoms with Crippen LogP contribution in [0, 0.1) is 11.8 Å². The van der Waals surface area contributed by atoms with Crippen molar-refractivity contribution in [3.63, 3.8) is 0 Å². The zero-order valence-corrected chi connectivity index (χ0v) is 23.3. The first-order valence-corrected chi connectivity index (χ1v) is 13.9. The summed E-state index contributed by atoms with van der Waals surface area (Å²) in [5, 5.41) is 20.9. The average molecular weight is 549 g/mol. The van der Waals surface area contributed by atoms with Gasteiger partial charge >= 0.3 is 5.97 Å². The SMILES string of the molecule is C[C@@H]1CCN(CCC(=O)N(Cc2cccc(Cl)c2)[C@@H](Cc2ccccc2)C(=O)O)C(c2cccc(O)c2)[C@@H]1C. The number of piperidine rings is 1. The standard InChI is InChI=1S/C32H37ClN2O4/c1-22-14-16-34(31(23(22)2)26-11-7-13-28(36)20-26)17-15-30(37)35(21-25-10-6-12-27(33)18-25)29(32(38)39)19-24-8-4-3-5-9-24/h3-13,18,20,22-23,29,31,36H,14-17,19,21H2,1-2H3,(H,38,39)/t22-,23-,29+,31?/m1/s1. The molecule has 0 aromatic heterocycles. The number of rotatable bonds is 10. The lowest BCUT2D eigenvalue weighted by Crippen LogP contribution is -2.48. The van der Waals surface area contributed by atoms with Gasteiger partial charge in [0.2, 0.25) is 5.91 Å². The number of aromatic hydroxyl groups is 1. The minimum absolute atomic E-state index is 0.0645. The molecule has 206 valence electrons. The molecule has 1 heterocycles. The summed E-state index contributed by atoms with van der Waals surface area (Å²) >= 11 is 6.21. The van der Waals surface area contributed by atoms with Gasteiger partial charge in [0.25, 0.3) is 0 Å². The summed E-state index contributed by atoms with van der Waals surface area (Å²) < 4.78 is 0. The molecular formula is C32H37ClN2O4. The number of carboxylic acids is 1. The van der Waals surface area contributed by atoms with E-state index in [0.29, 0.717) is 23.4 Å². The van der Waals surface area contributed by atoms with Crippen molar-refractivity contribution in [2.24, 2.45) is 11.8 Å². The highest BCUT2D eigenvalue weighted by atomic mass is 35.5. The topological polar surface area (TPSA) is 81.1 Å². The van der Waals surface area contributed by atoms with Crippen LogP contribution in [0.3, 0.4) is 0 Å². The second-order valence-corrected chi connectivity index (χ2v) is 11.1. The Balaban J connectivity index is 1.57. The predicted molar refractivity (Wildman–Crippen MR) is 154 cm³/mol. The third-order valence-corrected chi connectivity index (χ3v) is 8.22. The summed E-state index contributed by atoms with van der Waals surface area (Å²) in [5.41, 5.74) is 2.68. The molecule has 1 aliphatic heterocycles. The first-order chi connectivity index (χ1) is 18.7. The van der Waals surface area contributed by atoms with Crippen LogP contribution >= 0.6 is 11.6 Å². The average Bonchev–Trinajstić information content (AvgIpc) is 2.91. The summed E-state index contributed by atoms with van der Waals surface area (Å²) in [5.74, 6) is -0.174. The van der Waals surface area contributed by atoms with Crippen molar-refractivity contribution in [3.05, 3.63) is 101 Å². The van der Waals surface area contributed by atoms with Crippen molar-refractivity contribution >= 4 is 23.5 Å². The number of halogens is 1. The van der Waals surface area contributed by atoms with E-state index in [1.165, 1.54) is 4.90 Å². The fourth-order valence-electron chi connectivity index (χ4n) is 5.64. The van der Waals surface area contributed by atoms with Gasteiger partial charge in [-0.2, -0.15) is 0 Å². The number of nitrogens with zero attached hydrogens (tertiary/aromatic N) is 2. The first kappa shape index (κ1) is 28.7. The van der Waals surface area contributed by atoms with E-state index in [0.717, 1.165) is 29.7 Å². The van der Waals surface area contributed by atoms with E-state index in [1.807, 2.05) is 54.6 Å². The molecule has 7 heteroatoms. The number of carbonyl (C=O) groups excluding carboxylic acids is 1. The van der Waals surface area contributed by atoms with Crippen LogP contribution in [0.5, 0.6) is 5.75 Å². The second kappa shape index (κ2) is 13.1. The number of likely N-dealkylation sites (tertiary alicyclic amines) is 1. The van der Waals surface area contributed by atoms with Crippen LogP contribution < -0.4 is 0 Å². The summed E-state index contributed by atoms with van der Waals surface area (Å²) in [6.45, 7) is 5.96. The summed E-state index contributed by atoms with van der Waals surface area (Å²) in [6.07, 6.45) is 1.42. The van der Waals surface area contributed by atoms with Gasteiger partial charge in [-0.05, 0) is 65.8 Å². The molecule has 0 spiro atoms. The Morgan fingerprint density at radius 3 is 2.41 bits per heavy atom. The van der Waals surface area contributed by atoms with Crippen LogP contribution in [0.25, 0.3) is 0 Å². The van der Waals surface area contributed by atoms with Crippen LogP contribution in [0.4, 0.5) is 0 Å². The van der Waals surface area contributed by atoms with Gasteiger partial charge in [0.15, 0.2) is 0 Å². The maximum atomic E-state index is 13.8. The molecule has 3 aromatic rings. The van der Waals surface area contributed by atoms with Crippen LogP contribution in [-0.2, 0) is 22.6 Å². The van der Waals surface area contributed by atoms with Crippen molar-refractivity contribution in [2.75, 3.05) is 13.1 Å². The smallest absolute Gasteiger partial charge is 0.326 e. The second-order valence-electron chi connectivity index (χ2n) is 10.6. The molecule has 1 aliphatic rings. The zero-order valence-electron chi connectivity index (χ0n) is 22.5. The molecule has 3 aromatic carbocycles. The number of benzene rings is 3. The molecule has 1 unspecified atom stereocenters. The molecular weight excluding hydrogens is 512 g/mol. The lowest BCUT2D eigenvalue weighted by atomic mass is 9.79. The maximum Gasteiger partial charge on any atom is 0.326 e. The Labute approximate surface area is 235 Å². The van der Waals surface area contributed by atoms with Crippen molar-refractivity contribution in [3.8, 4) is 5.75 Å². The van der Waals surface area contributed by atoms with Gasteiger partial charge in [-0.3, -0.25) is 9.69 Å². The molecule has 4 atom stereocenters. The maximum absolute atomic E-state index is 13.8. The number of phenols is 1. The number of hydrogen-bond donors (Lipinski definition) is 2. The number of hydrogen-bond acceptors (Lipinski definition) is 4. The number of carbonyl (C=O) groups is 2. The van der Waals surface area contributed by atoms with Gasteiger partial charge < -0.3 is 15.1 Å². The highest BCUT2D eigenvalue weighted by molar-refractivity contribution is 6.30. The van der Waals surface area contributed by atoms with Gasteiger partial charge in [0, 0.05) is 37.0 Å². The third-order valence-electron chi connectivity index (χ3n) is 7.98. The highest BCUT2D eigenvalue weighted by Gasteiger charge is 2.36. The lowest BCUT2D eigenvalue weighted by molar-refractivity contribution is -0.151. The molecule has 0 aliphatic carbocycles. The van der Waals surface area contributed by atoms with Crippen LogP contribution in [0.2, 0.25) is 5.02 Å². The zero-order chi connectivity index (χ0) is 27.9. The van der Waals surface area contributed by atoms with Crippen molar-refractivity contribution in [1.82, 2.24) is 9.80 Å². The van der Waals surface area contributed by atoms with Gasteiger partial charge in [0.05, 0.1) is 0 Å². The Morgan fingerprint density at radius 1 is 1.00 bits per heavy atom. The summed E-state index contributed by atoms with van der Waals surface area (Å²) in [4.78, 5) is 30.1. The van der Waals surface area contributed by atoms with Crippen LogP contribution in [0.1, 0.15) is 49.4 Å². The molecule has 0 bridgehead atoms. The molecule has 2 N–H and O–H groups in total. The third kappa shape index (κ3) is 7.40. The van der Waals surface area contributed by atoms with E-state index >= 15 is 0 Å². The number of aliphatic carboxylic acids is 1. The molecule has 39 heavy (non-hydrogen) atoms. The van der Waals surface area contributed by atoms with Crippen molar-refractivity contribution in [1.29, 1.82) is 0 Å². The van der Waals surface area contributed by atoms with Gasteiger partial charge in [0.1, 0.15) is 11.8 Å². The Bertz CT molecular complexity index is 1270. The van der Waals surface area contributed by atoms with E-state index in [4.69, 9.17) is 11.6 Å². The first-order valence-electron chi connectivity index (χ1n) is 13.6. The molecule has 1 saturated heterocycles. The van der Waals surface area contributed by atoms with Crippen molar-refractivity contribution < 1.29 is 19.8 Å². The fourth-order valence-corrected chi connectivity index (χ4v) is 5.86. The Morgan fingerprint density at radius 2 is 1.72 bits per heavy atom. The predicted octanol–water partition coefficient (Wildman–Crippen LogP) is 6.18. The molecule has 6 nitrogen and oxygen atoms in total. The Hall–Kier alpha value is -3.35. The molecule has 4 rings (SSSR count). The van der Waals surface area contributed by atoms with Gasteiger partial charge in [-0.25, -0.2) is 4.79 Å². The van der Waals surface area contributed by atoms with E-state index in [-0.39, 0.29) is 37.1 Å². The largest absolute Gasteiger partial charge is 0.508 e. The molecule has 1 fully saturated rings. The highest BCUT2D eigenvalue weighted by Crippen LogP contribution is 2.40. The van der Waals surface area contributed by atoms with Crippen molar-refractivity contribution in [2.45, 2.75) is 51.7 Å². The number of carboxylic acid groups (broad SMARTS) is 1. The normalized spacial score (nSPS) is 20.3. The Kier molecular flexibility index (Phi) is 9.65. The van der Waals surface area contributed by atoms with E-state index < -0.39 is 12.0 Å². The molecule has 0 saturated carbocycles. The van der Waals surface area contributed by atoms with E-state index in [2.05, 4.69) is 18.7 Å². The molecule has 0 radical (unpaired) electrons. The van der Waals surface area contributed by atoms with E-state index in [1.54, 1.807) is 24.3 Å². The van der Waals surface area contributed by atoms with Crippen LogP contribution in [-0.4, -0.2) is 51.0 Å². The monoisotopic (exact) mass is 548 g/mol. The number of phenolic OH excluding ortho intramolecular Hbond substituents is 1. The lowest BCUT2D eigenvalue weighted by Gasteiger charge is -2.44. The van der Waals surface area contributed by atoms with Crippen LogP contribution in [0.15, 0.2) is 78.9 Å².